The van der Waals surface area contributed by atoms with Crippen LogP contribution in [0.4, 0.5) is 9.18 Å². The molecule has 4 N–H and O–H groups in total. The minimum atomic E-state index is -0.603. The highest BCUT2D eigenvalue weighted by Gasteiger charge is 2.34. The molecular formula is C20H22FN3O3. The number of hydrogen-bond acceptors (Lipinski definition) is 3. The average Bonchev–Trinajstić information content (AvgIpc) is 2.59. The van der Waals surface area contributed by atoms with Crippen LogP contribution in [0.5, 0.6) is 5.75 Å². The van der Waals surface area contributed by atoms with Crippen LogP contribution in [-0.4, -0.2) is 17.5 Å². The average molecular weight is 371 g/mol. The Morgan fingerprint density at radius 2 is 1.93 bits per heavy atom. The molecule has 1 atom stereocenters. The third-order valence-electron chi connectivity index (χ3n) is 4.42. The third kappa shape index (κ3) is 4.55. The van der Waals surface area contributed by atoms with Crippen LogP contribution < -0.4 is 21.1 Å². The molecule has 0 bridgehead atoms. The van der Waals surface area contributed by atoms with Gasteiger partial charge in [0.05, 0.1) is 6.04 Å². The first-order valence-corrected chi connectivity index (χ1v) is 8.65. The number of ether oxygens (including phenoxy) is 1. The van der Waals surface area contributed by atoms with Gasteiger partial charge in [-0.15, -0.1) is 0 Å². The number of hydrogen-bond donors (Lipinski definition) is 3. The molecule has 0 saturated heterocycles. The highest BCUT2D eigenvalue weighted by Crippen LogP contribution is 2.39. The van der Waals surface area contributed by atoms with E-state index in [4.69, 9.17) is 10.5 Å². The SMILES string of the molecule is CC1(C)CC(NC(=O)c2ccc(CNC(N)=O)cc2)c2ccc(F)cc2O1. The second kappa shape index (κ2) is 7.26. The summed E-state index contributed by atoms with van der Waals surface area (Å²) in [6.07, 6.45) is 0.567. The predicted molar refractivity (Wildman–Crippen MR) is 98.8 cm³/mol. The number of nitrogens with two attached hydrogens (primary N) is 1. The summed E-state index contributed by atoms with van der Waals surface area (Å²) in [5.74, 6) is -0.163. The number of benzene rings is 2. The van der Waals surface area contributed by atoms with E-state index >= 15 is 0 Å². The number of carbonyl (C=O) groups is 2. The molecule has 3 rings (SSSR count). The van der Waals surface area contributed by atoms with Crippen LogP contribution in [0.1, 0.15) is 47.8 Å². The van der Waals surface area contributed by atoms with Gasteiger partial charge in [0.2, 0.25) is 0 Å². The van der Waals surface area contributed by atoms with Crippen molar-refractivity contribution in [2.45, 2.75) is 38.5 Å². The van der Waals surface area contributed by atoms with Gasteiger partial charge in [-0.1, -0.05) is 18.2 Å². The maximum Gasteiger partial charge on any atom is 0.312 e. The molecule has 1 aliphatic rings. The summed E-state index contributed by atoms with van der Waals surface area (Å²) >= 11 is 0. The Morgan fingerprint density at radius 3 is 2.59 bits per heavy atom. The molecule has 7 heteroatoms. The van der Waals surface area contributed by atoms with Gasteiger partial charge in [-0.3, -0.25) is 4.79 Å². The molecule has 1 heterocycles. The number of nitrogens with one attached hydrogen (secondary N) is 2. The highest BCUT2D eigenvalue weighted by atomic mass is 19.1. The number of fused-ring (bicyclic) bond motifs is 1. The molecule has 0 aromatic heterocycles. The van der Waals surface area contributed by atoms with Crippen LogP contribution in [0, 0.1) is 5.82 Å². The summed E-state index contributed by atoms with van der Waals surface area (Å²) in [6, 6.07) is 10.3. The molecule has 0 fully saturated rings. The normalized spacial score (nSPS) is 17.4. The zero-order chi connectivity index (χ0) is 19.6. The van der Waals surface area contributed by atoms with Crippen molar-refractivity contribution in [1.29, 1.82) is 0 Å². The number of primary amides is 1. The van der Waals surface area contributed by atoms with Crippen LogP contribution in [0.3, 0.4) is 0 Å². The van der Waals surface area contributed by atoms with Crippen molar-refractivity contribution in [2.24, 2.45) is 5.73 Å². The van der Waals surface area contributed by atoms with Gasteiger partial charge in [0.25, 0.3) is 5.91 Å². The largest absolute Gasteiger partial charge is 0.487 e. The van der Waals surface area contributed by atoms with Crippen molar-refractivity contribution in [2.75, 3.05) is 0 Å². The summed E-state index contributed by atoms with van der Waals surface area (Å²) in [6.45, 7) is 4.10. The zero-order valence-electron chi connectivity index (χ0n) is 15.2. The van der Waals surface area contributed by atoms with Crippen LogP contribution in [-0.2, 0) is 6.54 Å². The molecule has 1 unspecified atom stereocenters. The van der Waals surface area contributed by atoms with Gasteiger partial charge in [0.15, 0.2) is 0 Å². The zero-order valence-corrected chi connectivity index (χ0v) is 15.2. The van der Waals surface area contributed by atoms with E-state index in [-0.39, 0.29) is 17.8 Å². The van der Waals surface area contributed by atoms with Crippen molar-refractivity contribution < 1.29 is 18.7 Å². The molecule has 6 nitrogen and oxygen atoms in total. The first kappa shape index (κ1) is 18.7. The van der Waals surface area contributed by atoms with E-state index in [0.29, 0.717) is 24.3 Å². The fourth-order valence-corrected chi connectivity index (χ4v) is 3.16. The van der Waals surface area contributed by atoms with E-state index < -0.39 is 11.6 Å². The summed E-state index contributed by atoms with van der Waals surface area (Å²) in [7, 11) is 0. The molecular weight excluding hydrogens is 349 g/mol. The van der Waals surface area contributed by atoms with Gasteiger partial charge in [-0.25, -0.2) is 9.18 Å². The monoisotopic (exact) mass is 371 g/mol. The Bertz CT molecular complexity index is 865. The first-order valence-electron chi connectivity index (χ1n) is 8.65. The van der Waals surface area contributed by atoms with Crippen molar-refractivity contribution in [3.63, 3.8) is 0 Å². The van der Waals surface area contributed by atoms with Gasteiger partial charge in [0, 0.05) is 30.2 Å². The van der Waals surface area contributed by atoms with Crippen LogP contribution >= 0.6 is 0 Å². The molecule has 2 aromatic rings. The van der Waals surface area contributed by atoms with Crippen molar-refractivity contribution >= 4 is 11.9 Å². The number of halogens is 1. The summed E-state index contributed by atoms with van der Waals surface area (Å²) < 4.78 is 19.4. The molecule has 142 valence electrons. The predicted octanol–water partition coefficient (Wildman–Crippen LogP) is 3.03. The lowest BCUT2D eigenvalue weighted by atomic mass is 9.89. The van der Waals surface area contributed by atoms with Gasteiger partial charge in [-0.2, -0.15) is 0 Å². The topological polar surface area (TPSA) is 93.5 Å². The molecule has 0 spiro atoms. The summed E-state index contributed by atoms with van der Waals surface area (Å²) in [5.41, 5.74) is 6.60. The maximum atomic E-state index is 13.6. The summed E-state index contributed by atoms with van der Waals surface area (Å²) in [4.78, 5) is 23.4. The smallest absolute Gasteiger partial charge is 0.312 e. The van der Waals surface area contributed by atoms with Crippen LogP contribution in [0.25, 0.3) is 0 Å². The Morgan fingerprint density at radius 1 is 1.22 bits per heavy atom. The van der Waals surface area contributed by atoms with Crippen molar-refractivity contribution in [3.05, 3.63) is 65.0 Å². The fourth-order valence-electron chi connectivity index (χ4n) is 3.16. The number of amides is 3. The molecule has 0 saturated carbocycles. The Hall–Kier alpha value is -3.09. The second-order valence-electron chi connectivity index (χ2n) is 7.19. The number of carbonyl (C=O) groups excluding carboxylic acids is 2. The van der Waals surface area contributed by atoms with Gasteiger partial charge in [-0.05, 0) is 37.6 Å². The number of urea groups is 1. The molecule has 2 aromatic carbocycles. The van der Waals surface area contributed by atoms with E-state index in [1.165, 1.54) is 12.1 Å². The maximum absolute atomic E-state index is 13.6. The summed E-state index contributed by atoms with van der Waals surface area (Å²) in [5, 5.41) is 5.50. The molecule has 27 heavy (non-hydrogen) atoms. The Labute approximate surface area is 156 Å². The van der Waals surface area contributed by atoms with E-state index in [1.807, 2.05) is 13.8 Å². The van der Waals surface area contributed by atoms with E-state index in [2.05, 4.69) is 10.6 Å². The Kier molecular flexibility index (Phi) is 5.03. The Balaban J connectivity index is 1.75. The lowest BCUT2D eigenvalue weighted by Gasteiger charge is -2.37. The van der Waals surface area contributed by atoms with Gasteiger partial charge >= 0.3 is 6.03 Å². The molecule has 3 amide bonds. The van der Waals surface area contributed by atoms with Gasteiger partial charge < -0.3 is 21.1 Å². The van der Waals surface area contributed by atoms with E-state index in [1.54, 1.807) is 30.3 Å². The first-order chi connectivity index (χ1) is 12.7. The number of rotatable bonds is 4. The van der Waals surface area contributed by atoms with Crippen LogP contribution in [0.15, 0.2) is 42.5 Å². The minimum absolute atomic E-state index is 0.234. The van der Waals surface area contributed by atoms with Crippen LogP contribution in [0.2, 0.25) is 0 Å². The lowest BCUT2D eigenvalue weighted by Crippen LogP contribution is -2.41. The van der Waals surface area contributed by atoms with E-state index in [9.17, 15) is 14.0 Å². The van der Waals surface area contributed by atoms with E-state index in [0.717, 1.165) is 11.1 Å². The third-order valence-corrected chi connectivity index (χ3v) is 4.42. The fraction of sp³-hybridized carbons (Fsp3) is 0.300. The quantitative estimate of drug-likeness (QED) is 0.771. The van der Waals surface area contributed by atoms with Gasteiger partial charge in [0.1, 0.15) is 17.2 Å². The second-order valence-corrected chi connectivity index (χ2v) is 7.19. The molecule has 0 radical (unpaired) electrons. The standard InChI is InChI=1S/C20H22FN3O3/c1-20(2)10-16(15-8-7-14(21)9-17(15)27-20)24-18(25)13-5-3-12(4-6-13)11-23-19(22)26/h3-9,16H,10-11H2,1-2H3,(H,24,25)(H3,22,23,26). The van der Waals surface area contributed by atoms with Crippen molar-refractivity contribution in [3.8, 4) is 5.75 Å². The minimum Gasteiger partial charge on any atom is -0.487 e. The lowest BCUT2D eigenvalue weighted by molar-refractivity contribution is 0.0616. The highest BCUT2D eigenvalue weighted by molar-refractivity contribution is 5.94. The van der Waals surface area contributed by atoms with Crippen molar-refractivity contribution in [1.82, 2.24) is 10.6 Å². The molecule has 1 aliphatic heterocycles. The molecule has 0 aliphatic carbocycles.